The molecule has 0 N–H and O–H groups in total. The van der Waals surface area contributed by atoms with Crippen LogP contribution in [-0.4, -0.2) is 13.2 Å². The normalized spacial score (nSPS) is 16.7. The Morgan fingerprint density at radius 1 is 1.00 bits per heavy atom. The third-order valence-electron chi connectivity index (χ3n) is 4.26. The molecule has 1 atom stereocenters. The van der Waals surface area contributed by atoms with E-state index in [9.17, 15) is 0 Å². The largest absolute Gasteiger partial charge is 0.493 e. The van der Waals surface area contributed by atoms with E-state index >= 15 is 0 Å². The Kier molecular flexibility index (Phi) is 3.64. The molecule has 3 heteroatoms. The summed E-state index contributed by atoms with van der Waals surface area (Å²) in [7, 11) is 0. The molecule has 3 aromatic carbocycles. The molecule has 0 bridgehead atoms. The summed E-state index contributed by atoms with van der Waals surface area (Å²) in [5.41, 5.74) is 2.30. The van der Waals surface area contributed by atoms with Crippen molar-refractivity contribution in [1.82, 2.24) is 0 Å². The average molecular weight is 306 g/mol. The summed E-state index contributed by atoms with van der Waals surface area (Å²) < 4.78 is 5.83. The summed E-state index contributed by atoms with van der Waals surface area (Å²) in [5, 5.41) is 2.47. The van der Waals surface area contributed by atoms with E-state index in [0.717, 1.165) is 17.1 Å². The summed E-state index contributed by atoms with van der Waals surface area (Å²) in [6, 6.07) is 20.7. The van der Waals surface area contributed by atoms with Crippen molar-refractivity contribution >= 4 is 10.8 Å². The molecular formula is C20H18O3. The van der Waals surface area contributed by atoms with Gasteiger partial charge in [-0.15, -0.1) is 0 Å². The minimum atomic E-state index is 0.0904. The lowest BCUT2D eigenvalue weighted by molar-refractivity contribution is -0.219. The first-order valence-electron chi connectivity index (χ1n) is 7.91. The van der Waals surface area contributed by atoms with Crippen LogP contribution in [0.25, 0.3) is 10.8 Å². The molecule has 0 fully saturated rings. The van der Waals surface area contributed by atoms with Crippen LogP contribution in [0.1, 0.15) is 24.0 Å². The maximum atomic E-state index is 5.83. The van der Waals surface area contributed by atoms with Gasteiger partial charge in [0.15, 0.2) is 5.75 Å². The Hall–Kier alpha value is -2.52. The smallest absolute Gasteiger partial charge is 0.173 e. The van der Waals surface area contributed by atoms with Crippen LogP contribution in [0.4, 0.5) is 0 Å². The van der Waals surface area contributed by atoms with E-state index in [-0.39, 0.29) is 5.92 Å². The van der Waals surface area contributed by atoms with Gasteiger partial charge in [0.05, 0.1) is 12.2 Å². The highest BCUT2D eigenvalue weighted by Crippen LogP contribution is 2.43. The van der Waals surface area contributed by atoms with Gasteiger partial charge in [0.2, 0.25) is 0 Å². The van der Waals surface area contributed by atoms with Gasteiger partial charge in [-0.05, 0) is 35.4 Å². The molecule has 1 heterocycles. The SMILES string of the molecule is CCOc1cccc2c1C(c1cccc3ccccc13)COO2. The summed E-state index contributed by atoms with van der Waals surface area (Å²) in [5.74, 6) is 1.69. The van der Waals surface area contributed by atoms with Crippen molar-refractivity contribution in [2.45, 2.75) is 12.8 Å². The molecule has 0 spiro atoms. The molecule has 23 heavy (non-hydrogen) atoms. The first-order chi connectivity index (χ1) is 11.4. The van der Waals surface area contributed by atoms with Gasteiger partial charge in [-0.25, -0.2) is 0 Å². The molecule has 0 saturated carbocycles. The van der Waals surface area contributed by atoms with Gasteiger partial charge >= 0.3 is 0 Å². The average Bonchev–Trinajstić information content (AvgIpc) is 2.61. The number of hydrogen-bond acceptors (Lipinski definition) is 3. The Morgan fingerprint density at radius 3 is 2.74 bits per heavy atom. The maximum absolute atomic E-state index is 5.83. The van der Waals surface area contributed by atoms with Crippen molar-refractivity contribution in [2.24, 2.45) is 0 Å². The van der Waals surface area contributed by atoms with Crippen LogP contribution >= 0.6 is 0 Å². The molecule has 1 unspecified atom stereocenters. The van der Waals surface area contributed by atoms with Crippen molar-refractivity contribution < 1.29 is 14.5 Å². The summed E-state index contributed by atoms with van der Waals surface area (Å²) in [4.78, 5) is 10.8. The zero-order chi connectivity index (χ0) is 15.6. The molecule has 4 rings (SSSR count). The predicted octanol–water partition coefficient (Wildman–Crippen LogP) is 4.69. The van der Waals surface area contributed by atoms with Gasteiger partial charge in [-0.3, -0.25) is 0 Å². The highest BCUT2D eigenvalue weighted by molar-refractivity contribution is 5.86. The second-order valence-electron chi connectivity index (χ2n) is 5.59. The fourth-order valence-electron chi connectivity index (χ4n) is 3.27. The molecule has 116 valence electrons. The fraction of sp³-hybridized carbons (Fsp3) is 0.200. The highest BCUT2D eigenvalue weighted by Gasteiger charge is 2.29. The van der Waals surface area contributed by atoms with E-state index in [1.54, 1.807) is 0 Å². The van der Waals surface area contributed by atoms with Gasteiger partial charge in [-0.2, -0.15) is 4.89 Å². The van der Waals surface area contributed by atoms with Gasteiger partial charge in [-0.1, -0.05) is 48.5 Å². The van der Waals surface area contributed by atoms with Gasteiger partial charge in [0.25, 0.3) is 0 Å². The van der Waals surface area contributed by atoms with Crippen LogP contribution < -0.4 is 9.62 Å². The first-order valence-corrected chi connectivity index (χ1v) is 7.91. The molecule has 0 radical (unpaired) electrons. The van der Waals surface area contributed by atoms with E-state index in [0.29, 0.717) is 13.2 Å². The number of fused-ring (bicyclic) bond motifs is 2. The van der Waals surface area contributed by atoms with Crippen LogP contribution in [-0.2, 0) is 4.89 Å². The van der Waals surface area contributed by atoms with Crippen molar-refractivity contribution in [3.8, 4) is 11.5 Å². The summed E-state index contributed by atoms with van der Waals surface area (Å²) in [6.45, 7) is 3.09. The van der Waals surface area contributed by atoms with Crippen LogP contribution in [0.5, 0.6) is 11.5 Å². The Labute approximate surface area is 135 Å². The lowest BCUT2D eigenvalue weighted by Gasteiger charge is -2.27. The van der Waals surface area contributed by atoms with Gasteiger partial charge in [0.1, 0.15) is 12.4 Å². The molecule has 0 aliphatic carbocycles. The van der Waals surface area contributed by atoms with Crippen LogP contribution in [0.15, 0.2) is 60.7 Å². The van der Waals surface area contributed by atoms with Crippen molar-refractivity contribution in [2.75, 3.05) is 13.2 Å². The van der Waals surface area contributed by atoms with Crippen molar-refractivity contribution in [3.05, 3.63) is 71.8 Å². The Balaban J connectivity index is 1.91. The van der Waals surface area contributed by atoms with Gasteiger partial charge in [0, 0.05) is 5.92 Å². The van der Waals surface area contributed by atoms with Crippen LogP contribution in [0, 0.1) is 0 Å². The van der Waals surface area contributed by atoms with E-state index in [2.05, 4.69) is 42.5 Å². The molecule has 3 nitrogen and oxygen atoms in total. The number of ether oxygens (including phenoxy) is 1. The molecule has 0 saturated heterocycles. The lowest BCUT2D eigenvalue weighted by Crippen LogP contribution is -2.19. The number of benzene rings is 3. The standard InChI is InChI=1S/C20H18O3/c1-2-21-18-11-6-12-19-20(18)17(13-22-23-19)16-10-5-8-14-7-3-4-9-15(14)16/h3-12,17H,2,13H2,1H3. The van der Waals surface area contributed by atoms with Crippen molar-refractivity contribution in [3.63, 3.8) is 0 Å². The highest BCUT2D eigenvalue weighted by atomic mass is 17.2. The zero-order valence-corrected chi connectivity index (χ0v) is 13.0. The third kappa shape index (κ3) is 2.43. The zero-order valence-electron chi connectivity index (χ0n) is 13.0. The molecule has 0 amide bonds. The van der Waals surface area contributed by atoms with E-state index in [4.69, 9.17) is 14.5 Å². The van der Waals surface area contributed by atoms with Crippen molar-refractivity contribution in [1.29, 1.82) is 0 Å². The first kappa shape index (κ1) is 14.1. The van der Waals surface area contributed by atoms with Gasteiger partial charge < -0.3 is 9.62 Å². The number of hydrogen-bond donors (Lipinski definition) is 0. The summed E-state index contributed by atoms with van der Waals surface area (Å²) >= 11 is 0. The second kappa shape index (κ2) is 5.94. The molecule has 1 aliphatic heterocycles. The minimum Gasteiger partial charge on any atom is -0.493 e. The Bertz CT molecular complexity index is 836. The maximum Gasteiger partial charge on any atom is 0.173 e. The molecule has 3 aromatic rings. The monoisotopic (exact) mass is 306 g/mol. The molecular weight excluding hydrogens is 288 g/mol. The Morgan fingerprint density at radius 2 is 1.83 bits per heavy atom. The fourth-order valence-corrected chi connectivity index (χ4v) is 3.27. The third-order valence-corrected chi connectivity index (χ3v) is 4.26. The second-order valence-corrected chi connectivity index (χ2v) is 5.59. The lowest BCUT2D eigenvalue weighted by atomic mass is 9.87. The van der Waals surface area contributed by atoms with Crippen LogP contribution in [0.3, 0.4) is 0 Å². The molecule has 1 aliphatic rings. The quantitative estimate of drug-likeness (QED) is 0.657. The van der Waals surface area contributed by atoms with Crippen LogP contribution in [0.2, 0.25) is 0 Å². The molecule has 0 aromatic heterocycles. The topological polar surface area (TPSA) is 27.7 Å². The number of rotatable bonds is 3. The minimum absolute atomic E-state index is 0.0904. The van der Waals surface area contributed by atoms with E-state index < -0.39 is 0 Å². The van der Waals surface area contributed by atoms with E-state index in [1.807, 2.05) is 25.1 Å². The predicted molar refractivity (Wildman–Crippen MR) is 90.0 cm³/mol. The van der Waals surface area contributed by atoms with E-state index in [1.165, 1.54) is 16.3 Å². The summed E-state index contributed by atoms with van der Waals surface area (Å²) in [6.07, 6.45) is 0.